The van der Waals surface area contributed by atoms with E-state index in [1.54, 1.807) is 6.07 Å². The lowest BCUT2D eigenvalue weighted by atomic mass is 10.1. The second kappa shape index (κ2) is 3.61. The number of hydrogen-bond donors (Lipinski definition) is 0. The maximum absolute atomic E-state index is 10.3. The molecule has 1 aromatic rings. The van der Waals surface area contributed by atoms with Gasteiger partial charge in [-0.1, -0.05) is 15.9 Å². The second-order valence-electron chi connectivity index (χ2n) is 3.10. The summed E-state index contributed by atoms with van der Waals surface area (Å²) in [5, 5.41) is 0. The quantitative estimate of drug-likeness (QED) is 0.762. The van der Waals surface area contributed by atoms with Gasteiger partial charge < -0.3 is 9.47 Å². The highest BCUT2D eigenvalue weighted by molar-refractivity contribution is 9.10. The van der Waals surface area contributed by atoms with Crippen molar-refractivity contribution in [3.8, 4) is 11.5 Å². The molecule has 0 spiro atoms. The molecule has 1 aliphatic heterocycles. The molecule has 0 bridgehead atoms. The first-order valence-electron chi connectivity index (χ1n) is 4.29. The van der Waals surface area contributed by atoms with Gasteiger partial charge in [0.2, 0.25) is 0 Å². The van der Waals surface area contributed by atoms with E-state index in [0.717, 1.165) is 22.0 Å². The number of benzene rings is 1. The van der Waals surface area contributed by atoms with Crippen LogP contribution in [-0.4, -0.2) is 13.1 Å². The third kappa shape index (κ3) is 1.39. The van der Waals surface area contributed by atoms with Crippen molar-refractivity contribution in [3.05, 3.63) is 21.7 Å². The molecule has 1 aliphatic rings. The number of rotatable bonds is 2. The van der Waals surface area contributed by atoms with Gasteiger partial charge in [0, 0.05) is 16.5 Å². The Kier molecular flexibility index (Phi) is 2.46. The van der Waals surface area contributed by atoms with E-state index in [0.29, 0.717) is 24.6 Å². The monoisotopic (exact) mass is 256 g/mol. The summed E-state index contributed by atoms with van der Waals surface area (Å²) in [7, 11) is 0. The molecule has 2 rings (SSSR count). The van der Waals surface area contributed by atoms with Crippen LogP contribution in [0.5, 0.6) is 11.5 Å². The van der Waals surface area contributed by atoms with Crippen molar-refractivity contribution in [1.82, 2.24) is 0 Å². The number of carbonyl (C=O) groups excluding carboxylic acids is 1. The fraction of sp³-hybridized carbons (Fsp3) is 0.300. The van der Waals surface area contributed by atoms with Crippen molar-refractivity contribution in [2.45, 2.75) is 13.3 Å². The van der Waals surface area contributed by atoms with Crippen molar-refractivity contribution in [3.63, 3.8) is 0 Å². The van der Waals surface area contributed by atoms with Crippen LogP contribution in [0.3, 0.4) is 0 Å². The van der Waals surface area contributed by atoms with Crippen LogP contribution in [0.4, 0.5) is 0 Å². The summed E-state index contributed by atoms with van der Waals surface area (Å²) in [6.45, 7) is 3.09. The van der Waals surface area contributed by atoms with Crippen LogP contribution in [0.2, 0.25) is 0 Å². The molecule has 0 radical (unpaired) electrons. The van der Waals surface area contributed by atoms with Gasteiger partial charge >= 0.3 is 0 Å². The summed E-state index contributed by atoms with van der Waals surface area (Å²) in [6, 6.07) is 1.76. The van der Waals surface area contributed by atoms with Gasteiger partial charge in [-0.2, -0.15) is 0 Å². The Morgan fingerprint density at radius 1 is 1.64 bits per heavy atom. The molecular weight excluding hydrogens is 248 g/mol. The Bertz CT molecular complexity index is 387. The van der Waals surface area contributed by atoms with Gasteiger partial charge in [-0.15, -0.1) is 0 Å². The van der Waals surface area contributed by atoms with Crippen LogP contribution in [0.15, 0.2) is 10.5 Å². The minimum atomic E-state index is 0.416. The topological polar surface area (TPSA) is 35.5 Å². The summed E-state index contributed by atoms with van der Waals surface area (Å²) in [6.07, 6.45) is 0.871. The maximum Gasteiger partial charge on any atom is 0.298 e. The maximum atomic E-state index is 10.3. The molecule has 3 nitrogen and oxygen atoms in total. The van der Waals surface area contributed by atoms with Crippen LogP contribution in [0.25, 0.3) is 0 Å². The molecule has 0 aromatic heterocycles. The SMILES string of the molecule is Cc1c(Br)cc(OC=O)c2c1CCO2. The van der Waals surface area contributed by atoms with Crippen LogP contribution >= 0.6 is 15.9 Å². The standard InChI is InChI=1S/C10H9BrO3/c1-6-7-2-3-13-10(7)9(14-5-12)4-8(6)11/h4-5H,2-3H2,1H3. The number of halogens is 1. The van der Waals surface area contributed by atoms with Crippen molar-refractivity contribution in [1.29, 1.82) is 0 Å². The summed E-state index contributed by atoms with van der Waals surface area (Å²) in [5.74, 6) is 1.20. The average molecular weight is 257 g/mol. The number of carbonyl (C=O) groups is 1. The fourth-order valence-corrected chi connectivity index (χ4v) is 2.05. The summed E-state index contributed by atoms with van der Waals surface area (Å²) in [5.41, 5.74) is 2.27. The van der Waals surface area contributed by atoms with E-state index < -0.39 is 0 Å². The minimum absolute atomic E-state index is 0.416. The largest absolute Gasteiger partial charge is 0.489 e. The molecule has 0 unspecified atom stereocenters. The third-order valence-electron chi connectivity index (χ3n) is 2.34. The van der Waals surface area contributed by atoms with Crippen molar-refractivity contribution < 1.29 is 14.3 Å². The zero-order valence-corrected chi connectivity index (χ0v) is 9.26. The van der Waals surface area contributed by atoms with E-state index in [-0.39, 0.29) is 0 Å². The molecule has 1 heterocycles. The van der Waals surface area contributed by atoms with Crippen molar-refractivity contribution in [2.75, 3.05) is 6.61 Å². The lowest BCUT2D eigenvalue weighted by molar-refractivity contribution is -0.120. The zero-order valence-electron chi connectivity index (χ0n) is 7.67. The Labute approximate surface area is 90.1 Å². The average Bonchev–Trinajstić information content (AvgIpc) is 2.63. The Morgan fingerprint density at radius 3 is 3.14 bits per heavy atom. The predicted octanol–water partition coefficient (Wildman–Crippen LogP) is 2.23. The highest BCUT2D eigenvalue weighted by Crippen LogP contribution is 2.41. The molecule has 74 valence electrons. The molecule has 0 fully saturated rings. The van der Waals surface area contributed by atoms with E-state index >= 15 is 0 Å². The molecule has 1 aromatic carbocycles. The van der Waals surface area contributed by atoms with Gasteiger partial charge in [-0.05, 0) is 18.6 Å². The van der Waals surface area contributed by atoms with E-state index in [1.165, 1.54) is 0 Å². The second-order valence-corrected chi connectivity index (χ2v) is 3.96. The van der Waals surface area contributed by atoms with Gasteiger partial charge in [0.1, 0.15) is 0 Å². The Morgan fingerprint density at radius 2 is 2.43 bits per heavy atom. The van der Waals surface area contributed by atoms with E-state index in [1.807, 2.05) is 6.92 Å². The molecule has 0 aliphatic carbocycles. The molecule has 14 heavy (non-hydrogen) atoms. The molecule has 0 N–H and O–H groups in total. The van der Waals surface area contributed by atoms with Crippen LogP contribution < -0.4 is 9.47 Å². The zero-order chi connectivity index (χ0) is 10.1. The molecule has 0 amide bonds. The van der Waals surface area contributed by atoms with Gasteiger partial charge in [0.15, 0.2) is 11.5 Å². The smallest absolute Gasteiger partial charge is 0.298 e. The van der Waals surface area contributed by atoms with Crippen LogP contribution in [0.1, 0.15) is 11.1 Å². The van der Waals surface area contributed by atoms with Crippen LogP contribution in [-0.2, 0) is 11.2 Å². The van der Waals surface area contributed by atoms with E-state index in [4.69, 9.17) is 9.47 Å². The van der Waals surface area contributed by atoms with Gasteiger partial charge in [0.25, 0.3) is 6.47 Å². The first-order chi connectivity index (χ1) is 6.74. The van der Waals surface area contributed by atoms with E-state index in [2.05, 4.69) is 15.9 Å². The summed E-state index contributed by atoms with van der Waals surface area (Å²) < 4.78 is 11.2. The van der Waals surface area contributed by atoms with Gasteiger partial charge in [-0.25, -0.2) is 0 Å². The van der Waals surface area contributed by atoms with Crippen molar-refractivity contribution in [2.24, 2.45) is 0 Å². The molecule has 0 saturated heterocycles. The Balaban J connectivity index is 2.57. The van der Waals surface area contributed by atoms with Gasteiger partial charge in [-0.3, -0.25) is 4.79 Å². The fourth-order valence-electron chi connectivity index (χ4n) is 1.61. The minimum Gasteiger partial charge on any atom is -0.489 e. The third-order valence-corrected chi connectivity index (χ3v) is 3.16. The summed E-state index contributed by atoms with van der Waals surface area (Å²) >= 11 is 3.42. The lowest BCUT2D eigenvalue weighted by Crippen LogP contribution is -1.94. The first kappa shape index (κ1) is 9.52. The normalized spacial score (nSPS) is 13.3. The molecule has 4 heteroatoms. The van der Waals surface area contributed by atoms with Crippen LogP contribution in [0, 0.1) is 6.92 Å². The molecule has 0 atom stereocenters. The van der Waals surface area contributed by atoms with Gasteiger partial charge in [0.05, 0.1) is 6.61 Å². The Hall–Kier alpha value is -1.03. The number of hydrogen-bond acceptors (Lipinski definition) is 3. The number of ether oxygens (including phenoxy) is 2. The number of fused-ring (bicyclic) bond motifs is 1. The van der Waals surface area contributed by atoms with E-state index in [9.17, 15) is 4.79 Å². The summed E-state index contributed by atoms with van der Waals surface area (Å²) in [4.78, 5) is 10.3. The lowest BCUT2D eigenvalue weighted by Gasteiger charge is -2.09. The first-order valence-corrected chi connectivity index (χ1v) is 5.08. The highest BCUT2D eigenvalue weighted by atomic mass is 79.9. The van der Waals surface area contributed by atoms with Crippen molar-refractivity contribution >= 4 is 22.4 Å². The predicted molar refractivity (Wildman–Crippen MR) is 54.8 cm³/mol. The molecule has 0 saturated carbocycles. The molecular formula is C10H9BrO3. The highest BCUT2D eigenvalue weighted by Gasteiger charge is 2.21.